The number of hydrogen-bond donors (Lipinski definition) is 1. The first kappa shape index (κ1) is 13.3. The summed E-state index contributed by atoms with van der Waals surface area (Å²) in [6, 6.07) is 3.29. The molecule has 0 spiro atoms. The molecule has 0 saturated heterocycles. The molecule has 1 N–H and O–H groups in total. The van der Waals surface area contributed by atoms with Gasteiger partial charge < -0.3 is 4.74 Å². The van der Waals surface area contributed by atoms with Crippen LogP contribution in [0, 0.1) is 4.77 Å². The fourth-order valence-corrected chi connectivity index (χ4v) is 2.08. The lowest BCUT2D eigenvalue weighted by Gasteiger charge is -2.13. The second-order valence-electron chi connectivity index (χ2n) is 3.82. The quantitative estimate of drug-likeness (QED) is 0.883. The Hall–Kier alpha value is -1.11. The number of nitrogens with zero attached hydrogens (tertiary/aromatic N) is 3. The summed E-state index contributed by atoms with van der Waals surface area (Å²) < 4.78 is 7.33. The molecule has 0 unspecified atom stereocenters. The standard InChI is InChI=1S/C10H10Cl2N4OS/c1-5(2)17-9-4-8(6(11)3-7(9)12)16-10(18)13-14-15-16/h3-5H,1-2H3,(H,13,15,18). The van der Waals surface area contributed by atoms with Crippen molar-refractivity contribution < 1.29 is 4.74 Å². The smallest absolute Gasteiger partial charge is 0.242 e. The minimum atomic E-state index is 0.00406. The van der Waals surface area contributed by atoms with E-state index in [1.807, 2.05) is 13.8 Å². The lowest BCUT2D eigenvalue weighted by Crippen LogP contribution is -2.07. The molecule has 0 bridgehead atoms. The summed E-state index contributed by atoms with van der Waals surface area (Å²) in [4.78, 5) is 0. The lowest BCUT2D eigenvalue weighted by atomic mass is 10.3. The topological polar surface area (TPSA) is 55.7 Å². The highest BCUT2D eigenvalue weighted by Gasteiger charge is 2.12. The van der Waals surface area contributed by atoms with E-state index in [1.165, 1.54) is 4.68 Å². The SMILES string of the molecule is CC(C)Oc1cc(-n2[nH]nnc2=S)c(Cl)cc1Cl. The molecule has 0 atom stereocenters. The van der Waals surface area contributed by atoms with Crippen molar-refractivity contribution in [2.45, 2.75) is 20.0 Å². The van der Waals surface area contributed by atoms with E-state index in [4.69, 9.17) is 40.2 Å². The van der Waals surface area contributed by atoms with Crippen LogP contribution in [0.3, 0.4) is 0 Å². The Morgan fingerprint density at radius 3 is 2.61 bits per heavy atom. The van der Waals surface area contributed by atoms with Gasteiger partial charge in [0.1, 0.15) is 5.75 Å². The van der Waals surface area contributed by atoms with Gasteiger partial charge in [0.2, 0.25) is 4.77 Å². The van der Waals surface area contributed by atoms with Gasteiger partial charge in [0, 0.05) is 6.07 Å². The minimum Gasteiger partial charge on any atom is -0.489 e. The van der Waals surface area contributed by atoms with Gasteiger partial charge in [-0.15, -0.1) is 0 Å². The predicted octanol–water partition coefficient (Wildman–Crippen LogP) is 3.42. The Bertz CT molecular complexity index is 623. The molecule has 0 aliphatic rings. The third kappa shape index (κ3) is 2.66. The van der Waals surface area contributed by atoms with Crippen LogP contribution in [0.4, 0.5) is 0 Å². The van der Waals surface area contributed by atoms with Crippen molar-refractivity contribution in [2.24, 2.45) is 0 Å². The maximum absolute atomic E-state index is 6.12. The van der Waals surface area contributed by atoms with E-state index in [9.17, 15) is 0 Å². The predicted molar refractivity (Wildman–Crippen MR) is 72.3 cm³/mol. The summed E-state index contributed by atoms with van der Waals surface area (Å²) in [5.74, 6) is 0.530. The molecular formula is C10H10Cl2N4OS. The summed E-state index contributed by atoms with van der Waals surface area (Å²) in [5.41, 5.74) is 0.590. The molecule has 0 aliphatic carbocycles. The molecule has 0 fully saturated rings. The number of aromatic nitrogens is 4. The molecule has 2 aromatic rings. The molecule has 1 heterocycles. The Morgan fingerprint density at radius 1 is 1.33 bits per heavy atom. The fraction of sp³-hybridized carbons (Fsp3) is 0.300. The summed E-state index contributed by atoms with van der Waals surface area (Å²) in [6.07, 6.45) is 0.00406. The molecular weight excluding hydrogens is 295 g/mol. The van der Waals surface area contributed by atoms with Crippen molar-refractivity contribution in [3.63, 3.8) is 0 Å². The van der Waals surface area contributed by atoms with E-state index in [-0.39, 0.29) is 10.9 Å². The number of halogens is 2. The number of rotatable bonds is 3. The van der Waals surface area contributed by atoms with Gasteiger partial charge in [-0.3, -0.25) is 0 Å². The van der Waals surface area contributed by atoms with Crippen molar-refractivity contribution in [1.82, 2.24) is 20.2 Å². The molecule has 8 heteroatoms. The van der Waals surface area contributed by atoms with Crippen molar-refractivity contribution >= 4 is 35.4 Å². The van der Waals surface area contributed by atoms with E-state index in [2.05, 4.69) is 15.5 Å². The van der Waals surface area contributed by atoms with Crippen LogP contribution >= 0.6 is 35.4 Å². The maximum Gasteiger partial charge on any atom is 0.242 e. The van der Waals surface area contributed by atoms with Gasteiger partial charge >= 0.3 is 0 Å². The average molecular weight is 305 g/mol. The van der Waals surface area contributed by atoms with Crippen molar-refractivity contribution in [3.05, 3.63) is 26.9 Å². The largest absolute Gasteiger partial charge is 0.489 e. The van der Waals surface area contributed by atoms with Crippen molar-refractivity contribution in [2.75, 3.05) is 0 Å². The van der Waals surface area contributed by atoms with Gasteiger partial charge in [-0.2, -0.15) is 5.21 Å². The zero-order valence-electron chi connectivity index (χ0n) is 9.65. The van der Waals surface area contributed by atoms with Crippen molar-refractivity contribution in [1.29, 1.82) is 0 Å². The number of ether oxygens (including phenoxy) is 1. The monoisotopic (exact) mass is 304 g/mol. The highest BCUT2D eigenvalue weighted by Crippen LogP contribution is 2.33. The normalized spacial score (nSPS) is 10.9. The average Bonchev–Trinajstić information content (AvgIpc) is 2.68. The Labute approximate surface area is 119 Å². The third-order valence-electron chi connectivity index (χ3n) is 2.08. The van der Waals surface area contributed by atoms with Crippen LogP contribution in [0.5, 0.6) is 5.75 Å². The van der Waals surface area contributed by atoms with E-state index in [0.717, 1.165) is 0 Å². The van der Waals surface area contributed by atoms with E-state index in [1.54, 1.807) is 12.1 Å². The Balaban J connectivity index is 2.55. The van der Waals surface area contributed by atoms with Gasteiger partial charge in [-0.1, -0.05) is 33.5 Å². The van der Waals surface area contributed by atoms with E-state index < -0.39 is 0 Å². The first-order chi connectivity index (χ1) is 8.49. The first-order valence-corrected chi connectivity index (χ1v) is 6.31. The number of nitrogens with one attached hydrogen (secondary N) is 1. The van der Waals surface area contributed by atoms with E-state index in [0.29, 0.717) is 21.5 Å². The Kier molecular flexibility index (Phi) is 3.89. The summed E-state index contributed by atoms with van der Waals surface area (Å²) in [6.45, 7) is 3.82. The zero-order valence-corrected chi connectivity index (χ0v) is 12.0. The van der Waals surface area contributed by atoms with Crippen LogP contribution in [0.2, 0.25) is 10.0 Å². The van der Waals surface area contributed by atoms with Crippen LogP contribution in [0.25, 0.3) is 5.69 Å². The van der Waals surface area contributed by atoms with Crippen LogP contribution in [-0.4, -0.2) is 26.3 Å². The number of H-pyrrole nitrogens is 1. The van der Waals surface area contributed by atoms with Gasteiger partial charge in [0.25, 0.3) is 0 Å². The molecule has 0 amide bonds. The molecule has 0 radical (unpaired) electrons. The molecule has 1 aromatic carbocycles. The molecule has 1 aromatic heterocycles. The highest BCUT2D eigenvalue weighted by molar-refractivity contribution is 7.71. The van der Waals surface area contributed by atoms with E-state index >= 15 is 0 Å². The summed E-state index contributed by atoms with van der Waals surface area (Å²) in [5, 5.41) is 10.8. The van der Waals surface area contributed by atoms with Gasteiger partial charge in [0.05, 0.1) is 21.8 Å². The molecule has 0 saturated carbocycles. The number of benzene rings is 1. The highest BCUT2D eigenvalue weighted by atomic mass is 35.5. The molecule has 5 nitrogen and oxygen atoms in total. The molecule has 0 aliphatic heterocycles. The lowest BCUT2D eigenvalue weighted by molar-refractivity contribution is 0.242. The second kappa shape index (κ2) is 5.26. The van der Waals surface area contributed by atoms with Gasteiger partial charge in [-0.25, -0.2) is 4.68 Å². The number of aromatic amines is 1. The van der Waals surface area contributed by atoms with Gasteiger partial charge in [0.15, 0.2) is 0 Å². The number of hydrogen-bond acceptors (Lipinski definition) is 4. The zero-order chi connectivity index (χ0) is 13.3. The summed E-state index contributed by atoms with van der Waals surface area (Å²) >= 11 is 17.2. The maximum atomic E-state index is 6.12. The second-order valence-corrected chi connectivity index (χ2v) is 5.00. The Morgan fingerprint density at radius 2 is 2.06 bits per heavy atom. The molecule has 18 heavy (non-hydrogen) atoms. The molecule has 2 rings (SSSR count). The van der Waals surface area contributed by atoms with Crippen LogP contribution in [-0.2, 0) is 0 Å². The van der Waals surface area contributed by atoms with Crippen LogP contribution in [0.15, 0.2) is 12.1 Å². The van der Waals surface area contributed by atoms with Crippen LogP contribution in [0.1, 0.15) is 13.8 Å². The first-order valence-electron chi connectivity index (χ1n) is 5.15. The van der Waals surface area contributed by atoms with Gasteiger partial charge in [-0.05, 0) is 32.1 Å². The summed E-state index contributed by atoms with van der Waals surface area (Å²) in [7, 11) is 0. The minimum absolute atomic E-state index is 0.00406. The fourth-order valence-electron chi connectivity index (χ4n) is 1.39. The van der Waals surface area contributed by atoms with Crippen LogP contribution < -0.4 is 4.74 Å². The molecule has 96 valence electrons. The third-order valence-corrected chi connectivity index (χ3v) is 2.94. The number of tetrazole rings is 1. The van der Waals surface area contributed by atoms with Crippen molar-refractivity contribution in [3.8, 4) is 11.4 Å².